The maximum atomic E-state index is 15.1. The topological polar surface area (TPSA) is 77.2 Å². The first kappa shape index (κ1) is 18.4. The molecule has 0 amide bonds. The second kappa shape index (κ2) is 7.58. The van der Waals surface area contributed by atoms with Crippen LogP contribution in [0.5, 0.6) is 0 Å². The van der Waals surface area contributed by atoms with Gasteiger partial charge in [0, 0.05) is 6.04 Å². The average Bonchev–Trinajstić information content (AvgIpc) is 3.20. The van der Waals surface area contributed by atoms with Gasteiger partial charge in [0.15, 0.2) is 22.1 Å². The lowest BCUT2D eigenvalue weighted by Gasteiger charge is -2.47. The molecule has 0 aromatic carbocycles. The molecule has 0 spiro atoms. The molecule has 3 saturated carbocycles. The average molecular weight is 438 g/mol. The van der Waals surface area contributed by atoms with Crippen molar-refractivity contribution < 1.29 is 18.3 Å². The van der Waals surface area contributed by atoms with E-state index in [2.05, 4.69) is 31.2 Å². The molecule has 0 unspecified atom stereocenters. The van der Waals surface area contributed by atoms with E-state index in [-0.39, 0.29) is 40.1 Å². The van der Waals surface area contributed by atoms with Crippen LogP contribution in [0.15, 0.2) is 27.5 Å². The number of hydrogen-bond donors (Lipinski definition) is 1. The summed E-state index contributed by atoms with van der Waals surface area (Å²) in [4.78, 5) is 20.9. The Morgan fingerprint density at radius 3 is 2.74 bits per heavy atom. The highest BCUT2D eigenvalue weighted by molar-refractivity contribution is 9.10. The summed E-state index contributed by atoms with van der Waals surface area (Å²) < 4.78 is 26.0. The summed E-state index contributed by atoms with van der Waals surface area (Å²) in [5.74, 6) is -0.103. The van der Waals surface area contributed by atoms with Gasteiger partial charge in [-0.25, -0.2) is 14.4 Å². The Kier molecular flexibility index (Phi) is 5.16. The summed E-state index contributed by atoms with van der Waals surface area (Å²) in [5.41, 5.74) is 0.0815. The quantitative estimate of drug-likeness (QED) is 0.550. The van der Waals surface area contributed by atoms with E-state index >= 15 is 4.39 Å². The van der Waals surface area contributed by atoms with E-state index in [1.807, 2.05) is 0 Å². The number of aromatic nitrogens is 2. The number of furan rings is 1. The standard InChI is InChI=1S/C19H21BrFN3O3/c1-2-26-18(25)13-10-5-7-11(8-6-10)15(13)22-17-14(21)16(23-19(20)24-17)12-4-3-9-27-12/h3-4,9-11,13,15H,2,5-8H2,1H3,(H,22,23,24)/t10?,11?,13-,15-/m0/s1. The molecule has 3 aliphatic carbocycles. The summed E-state index contributed by atoms with van der Waals surface area (Å²) in [6.45, 7) is 2.15. The van der Waals surface area contributed by atoms with Crippen LogP contribution in [0.1, 0.15) is 32.6 Å². The number of nitrogens with one attached hydrogen (secondary N) is 1. The number of nitrogens with zero attached hydrogens (tertiary/aromatic N) is 2. The Morgan fingerprint density at radius 1 is 1.33 bits per heavy atom. The molecular weight excluding hydrogens is 417 g/mol. The fraction of sp³-hybridized carbons (Fsp3) is 0.526. The number of halogens is 2. The van der Waals surface area contributed by atoms with Gasteiger partial charge in [-0.05, 0) is 72.5 Å². The van der Waals surface area contributed by atoms with Gasteiger partial charge in [0.05, 0.1) is 18.8 Å². The van der Waals surface area contributed by atoms with Gasteiger partial charge in [-0.2, -0.15) is 0 Å². The number of rotatable bonds is 5. The molecule has 3 aliphatic rings. The first-order valence-corrected chi connectivity index (χ1v) is 10.1. The molecule has 0 saturated heterocycles. The van der Waals surface area contributed by atoms with E-state index in [4.69, 9.17) is 9.15 Å². The Balaban J connectivity index is 1.67. The summed E-state index contributed by atoms with van der Waals surface area (Å²) in [6.07, 6.45) is 5.54. The van der Waals surface area contributed by atoms with Gasteiger partial charge >= 0.3 is 5.97 Å². The third kappa shape index (κ3) is 3.47. The van der Waals surface area contributed by atoms with Gasteiger partial charge in [0.25, 0.3) is 0 Å². The van der Waals surface area contributed by atoms with Crippen molar-refractivity contribution in [2.75, 3.05) is 11.9 Å². The molecule has 1 N–H and O–H groups in total. The molecule has 2 aromatic heterocycles. The highest BCUT2D eigenvalue weighted by Gasteiger charge is 2.48. The SMILES string of the molecule is CCOC(=O)[C@H]1C2CCC(CC2)[C@@H]1Nc1nc(Br)nc(-c2ccco2)c1F. The minimum atomic E-state index is -0.586. The number of esters is 1. The maximum Gasteiger partial charge on any atom is 0.311 e. The van der Waals surface area contributed by atoms with Crippen LogP contribution >= 0.6 is 15.9 Å². The lowest BCUT2D eigenvalue weighted by atomic mass is 9.61. The van der Waals surface area contributed by atoms with Crippen molar-refractivity contribution in [1.29, 1.82) is 0 Å². The summed E-state index contributed by atoms with van der Waals surface area (Å²) in [5, 5.41) is 3.21. The fourth-order valence-corrected chi connectivity index (χ4v) is 4.84. The monoisotopic (exact) mass is 437 g/mol. The molecule has 2 heterocycles. The van der Waals surface area contributed by atoms with E-state index < -0.39 is 5.82 Å². The predicted molar refractivity (Wildman–Crippen MR) is 100 cm³/mol. The molecule has 0 radical (unpaired) electrons. The molecule has 2 bridgehead atoms. The molecule has 27 heavy (non-hydrogen) atoms. The van der Waals surface area contributed by atoms with Crippen molar-refractivity contribution in [2.45, 2.75) is 38.6 Å². The second-order valence-electron chi connectivity index (χ2n) is 7.10. The van der Waals surface area contributed by atoms with Gasteiger partial charge in [-0.1, -0.05) is 0 Å². The van der Waals surface area contributed by atoms with Crippen molar-refractivity contribution in [3.05, 3.63) is 28.9 Å². The molecule has 3 fully saturated rings. The fourth-order valence-electron chi connectivity index (χ4n) is 4.48. The molecule has 0 aliphatic heterocycles. The smallest absolute Gasteiger partial charge is 0.311 e. The van der Waals surface area contributed by atoms with Gasteiger partial charge in [0.2, 0.25) is 0 Å². The number of carbonyl (C=O) groups excluding carboxylic acids is 1. The van der Waals surface area contributed by atoms with E-state index in [0.29, 0.717) is 18.3 Å². The van der Waals surface area contributed by atoms with Crippen LogP contribution in [0.25, 0.3) is 11.5 Å². The Labute approximate surface area is 165 Å². The van der Waals surface area contributed by atoms with Gasteiger partial charge < -0.3 is 14.5 Å². The van der Waals surface area contributed by atoms with E-state index in [1.165, 1.54) is 6.26 Å². The number of anilines is 1. The van der Waals surface area contributed by atoms with Crippen LogP contribution < -0.4 is 5.32 Å². The van der Waals surface area contributed by atoms with Crippen molar-refractivity contribution in [3.8, 4) is 11.5 Å². The van der Waals surface area contributed by atoms with Gasteiger partial charge in [-0.15, -0.1) is 0 Å². The van der Waals surface area contributed by atoms with Crippen LogP contribution in [-0.2, 0) is 9.53 Å². The lowest BCUT2D eigenvalue weighted by Crippen LogP contribution is -2.52. The number of fused-ring (bicyclic) bond motifs is 3. The molecule has 8 heteroatoms. The summed E-state index contributed by atoms with van der Waals surface area (Å²) in [7, 11) is 0. The van der Waals surface area contributed by atoms with Crippen LogP contribution in [0, 0.1) is 23.6 Å². The highest BCUT2D eigenvalue weighted by atomic mass is 79.9. The van der Waals surface area contributed by atoms with E-state index in [9.17, 15) is 4.79 Å². The van der Waals surface area contributed by atoms with Crippen molar-refractivity contribution >= 4 is 27.7 Å². The number of ether oxygens (including phenoxy) is 1. The minimum absolute atomic E-state index is 0.0788. The van der Waals surface area contributed by atoms with Crippen LogP contribution in [0.3, 0.4) is 0 Å². The first-order valence-electron chi connectivity index (χ1n) is 9.28. The third-order valence-corrected chi connectivity index (χ3v) is 6.01. The summed E-state index contributed by atoms with van der Waals surface area (Å²) in [6, 6.07) is 3.12. The zero-order chi connectivity index (χ0) is 19.0. The first-order chi connectivity index (χ1) is 13.1. The maximum absolute atomic E-state index is 15.1. The second-order valence-corrected chi connectivity index (χ2v) is 7.81. The van der Waals surface area contributed by atoms with Gasteiger partial charge in [0.1, 0.15) is 5.69 Å². The Morgan fingerprint density at radius 2 is 2.07 bits per heavy atom. The number of carbonyl (C=O) groups is 1. The molecule has 2 atom stereocenters. The van der Waals surface area contributed by atoms with Crippen LogP contribution in [0.2, 0.25) is 0 Å². The predicted octanol–water partition coefficient (Wildman–Crippen LogP) is 4.42. The highest BCUT2D eigenvalue weighted by Crippen LogP contribution is 2.47. The lowest BCUT2D eigenvalue weighted by molar-refractivity contribution is -0.154. The van der Waals surface area contributed by atoms with Crippen LogP contribution in [-0.4, -0.2) is 28.6 Å². The van der Waals surface area contributed by atoms with Crippen molar-refractivity contribution in [3.63, 3.8) is 0 Å². The molecule has 6 nitrogen and oxygen atoms in total. The van der Waals surface area contributed by atoms with Gasteiger partial charge in [-0.3, -0.25) is 4.79 Å². The molecule has 144 valence electrons. The molecule has 5 rings (SSSR count). The molecule has 2 aromatic rings. The van der Waals surface area contributed by atoms with Crippen molar-refractivity contribution in [2.24, 2.45) is 17.8 Å². The normalized spacial score (nSPS) is 26.8. The summed E-state index contributed by atoms with van der Waals surface area (Å²) >= 11 is 3.25. The third-order valence-electron chi connectivity index (χ3n) is 5.66. The van der Waals surface area contributed by atoms with Crippen LogP contribution in [0.4, 0.5) is 10.2 Å². The zero-order valence-corrected chi connectivity index (χ0v) is 16.5. The number of hydrogen-bond acceptors (Lipinski definition) is 6. The Hall–Kier alpha value is -1.96. The largest absolute Gasteiger partial charge is 0.466 e. The minimum Gasteiger partial charge on any atom is -0.466 e. The van der Waals surface area contributed by atoms with E-state index in [0.717, 1.165) is 25.7 Å². The van der Waals surface area contributed by atoms with Crippen molar-refractivity contribution in [1.82, 2.24) is 9.97 Å². The van der Waals surface area contributed by atoms with E-state index in [1.54, 1.807) is 19.1 Å². The Bertz CT molecular complexity index is 822. The zero-order valence-electron chi connectivity index (χ0n) is 15.0. The molecular formula is C19H21BrFN3O3.